The molecule has 1 amide bonds. The van der Waals surface area contributed by atoms with Gasteiger partial charge < -0.3 is 15.3 Å². The summed E-state index contributed by atoms with van der Waals surface area (Å²) in [5, 5.41) is 13.5. The normalized spacial score (nSPS) is 10.8. The molecule has 0 atom stereocenters. The first kappa shape index (κ1) is 13.2. The van der Waals surface area contributed by atoms with E-state index in [4.69, 9.17) is 9.94 Å². The molecule has 0 saturated carbocycles. The summed E-state index contributed by atoms with van der Waals surface area (Å²) in [5.74, 6) is -0.0963. The molecule has 17 heavy (non-hydrogen) atoms. The van der Waals surface area contributed by atoms with Gasteiger partial charge in [0.15, 0.2) is 5.76 Å². The molecule has 5 nitrogen and oxygen atoms in total. The van der Waals surface area contributed by atoms with Crippen molar-refractivity contribution in [1.29, 1.82) is 0 Å². The van der Waals surface area contributed by atoms with Crippen LogP contribution in [0.1, 0.15) is 6.92 Å². The van der Waals surface area contributed by atoms with E-state index < -0.39 is 5.91 Å². The average molecular weight is 299 g/mol. The second-order valence-corrected chi connectivity index (χ2v) is 4.03. The molecule has 0 aliphatic rings. The van der Waals surface area contributed by atoms with Gasteiger partial charge in [-0.3, -0.25) is 4.79 Å². The average Bonchev–Trinajstić information content (AvgIpc) is 2.31. The third kappa shape index (κ3) is 4.28. The van der Waals surface area contributed by atoms with Crippen LogP contribution in [0.25, 0.3) is 0 Å². The number of rotatable bonds is 3. The van der Waals surface area contributed by atoms with Crippen LogP contribution >= 0.6 is 15.9 Å². The van der Waals surface area contributed by atoms with Gasteiger partial charge in [-0.05, 0) is 31.2 Å². The molecule has 0 fully saturated rings. The number of ether oxygens (including phenoxy) is 1. The van der Waals surface area contributed by atoms with Crippen molar-refractivity contribution >= 4 is 27.7 Å². The number of benzene rings is 1. The molecule has 0 heterocycles. The number of halogens is 1. The van der Waals surface area contributed by atoms with Crippen molar-refractivity contribution < 1.29 is 14.7 Å². The molecule has 0 aromatic heterocycles. The van der Waals surface area contributed by atoms with Gasteiger partial charge in [0.2, 0.25) is 0 Å². The molecule has 0 saturated heterocycles. The number of amidine groups is 1. The molecule has 0 spiro atoms. The SMILES string of the molecule is C=C(Oc1ccc(Br)cc1)C(=O)NC(C)=NO. The second-order valence-electron chi connectivity index (χ2n) is 3.12. The van der Waals surface area contributed by atoms with Crippen molar-refractivity contribution in [3.63, 3.8) is 0 Å². The van der Waals surface area contributed by atoms with Crippen molar-refractivity contribution in [3.05, 3.63) is 41.1 Å². The number of carbonyl (C=O) groups is 1. The molecule has 0 aliphatic heterocycles. The standard InChI is InChI=1S/C11H11BrN2O3/c1-7(11(15)13-8(2)14-16)17-10-5-3-9(12)4-6-10/h3-6,16H,1H2,2H3,(H,13,14,15). The van der Waals surface area contributed by atoms with Crippen molar-refractivity contribution in [1.82, 2.24) is 5.32 Å². The lowest BCUT2D eigenvalue weighted by molar-refractivity contribution is -0.118. The molecule has 90 valence electrons. The molecule has 1 rings (SSSR count). The highest BCUT2D eigenvalue weighted by Gasteiger charge is 2.10. The van der Waals surface area contributed by atoms with Gasteiger partial charge in [-0.15, -0.1) is 0 Å². The second kappa shape index (κ2) is 6.05. The summed E-state index contributed by atoms with van der Waals surface area (Å²) in [6, 6.07) is 6.94. The van der Waals surface area contributed by atoms with Crippen LogP contribution in [0.3, 0.4) is 0 Å². The Morgan fingerprint density at radius 2 is 2.06 bits per heavy atom. The molecule has 1 aromatic rings. The first-order chi connectivity index (χ1) is 8.02. The molecule has 0 bridgehead atoms. The number of oxime groups is 1. The molecule has 0 unspecified atom stereocenters. The predicted octanol–water partition coefficient (Wildman–Crippen LogP) is 2.27. The van der Waals surface area contributed by atoms with E-state index in [-0.39, 0.29) is 11.6 Å². The van der Waals surface area contributed by atoms with Crippen molar-refractivity contribution in [3.8, 4) is 5.75 Å². The Bertz CT molecular complexity index is 454. The van der Waals surface area contributed by atoms with Crippen LogP contribution in [-0.2, 0) is 4.79 Å². The highest BCUT2D eigenvalue weighted by Crippen LogP contribution is 2.17. The van der Waals surface area contributed by atoms with Crippen LogP contribution in [0.15, 0.2) is 46.2 Å². The van der Waals surface area contributed by atoms with Crippen LogP contribution in [0.2, 0.25) is 0 Å². The zero-order valence-electron chi connectivity index (χ0n) is 9.11. The molecular weight excluding hydrogens is 288 g/mol. The van der Waals surface area contributed by atoms with Gasteiger partial charge in [-0.25, -0.2) is 0 Å². The summed E-state index contributed by atoms with van der Waals surface area (Å²) in [6.07, 6.45) is 0. The van der Waals surface area contributed by atoms with Crippen molar-refractivity contribution in [2.75, 3.05) is 0 Å². The Kier molecular flexibility index (Phi) is 4.71. The molecule has 2 N–H and O–H groups in total. The highest BCUT2D eigenvalue weighted by atomic mass is 79.9. The monoisotopic (exact) mass is 298 g/mol. The number of hydrogen-bond donors (Lipinski definition) is 2. The van der Waals surface area contributed by atoms with Gasteiger partial charge in [0.25, 0.3) is 5.91 Å². The van der Waals surface area contributed by atoms with Crippen LogP contribution in [0.5, 0.6) is 5.75 Å². The third-order valence-electron chi connectivity index (χ3n) is 1.75. The molecular formula is C11H11BrN2O3. The van der Waals surface area contributed by atoms with E-state index in [1.54, 1.807) is 24.3 Å². The Balaban J connectivity index is 2.60. The maximum Gasteiger partial charge on any atom is 0.291 e. The number of hydrogen-bond acceptors (Lipinski definition) is 4. The zero-order valence-corrected chi connectivity index (χ0v) is 10.7. The van der Waals surface area contributed by atoms with Gasteiger partial charge in [0.1, 0.15) is 11.6 Å². The fourth-order valence-corrected chi connectivity index (χ4v) is 1.21. The lowest BCUT2D eigenvalue weighted by Gasteiger charge is -2.08. The molecule has 6 heteroatoms. The lowest BCUT2D eigenvalue weighted by Crippen LogP contribution is -2.30. The fraction of sp³-hybridized carbons (Fsp3) is 0.0909. The van der Waals surface area contributed by atoms with Gasteiger partial charge in [0, 0.05) is 4.47 Å². The van der Waals surface area contributed by atoms with Crippen LogP contribution in [0, 0.1) is 0 Å². The minimum absolute atomic E-state index is 0.0653. The molecule has 0 radical (unpaired) electrons. The summed E-state index contributed by atoms with van der Waals surface area (Å²) < 4.78 is 6.12. The minimum Gasteiger partial charge on any atom is -0.452 e. The smallest absolute Gasteiger partial charge is 0.291 e. The van der Waals surface area contributed by atoms with E-state index in [1.165, 1.54) is 6.92 Å². The van der Waals surface area contributed by atoms with Crippen LogP contribution in [0.4, 0.5) is 0 Å². The summed E-state index contributed by atoms with van der Waals surface area (Å²) >= 11 is 3.28. The first-order valence-electron chi connectivity index (χ1n) is 4.65. The van der Waals surface area contributed by atoms with E-state index in [2.05, 4.69) is 33.0 Å². The first-order valence-corrected chi connectivity index (χ1v) is 5.44. The van der Waals surface area contributed by atoms with Gasteiger partial charge in [-0.2, -0.15) is 0 Å². The van der Waals surface area contributed by atoms with Crippen LogP contribution in [-0.4, -0.2) is 17.0 Å². The van der Waals surface area contributed by atoms with E-state index in [0.29, 0.717) is 5.75 Å². The Morgan fingerprint density at radius 1 is 1.47 bits per heavy atom. The minimum atomic E-state index is -0.566. The zero-order chi connectivity index (χ0) is 12.8. The lowest BCUT2D eigenvalue weighted by atomic mass is 10.3. The Morgan fingerprint density at radius 3 is 2.59 bits per heavy atom. The summed E-state index contributed by atoms with van der Waals surface area (Å²) in [5.41, 5.74) is 0. The van der Waals surface area contributed by atoms with Gasteiger partial charge in [-0.1, -0.05) is 27.7 Å². The maximum absolute atomic E-state index is 11.4. The fourth-order valence-electron chi connectivity index (χ4n) is 0.950. The predicted molar refractivity (Wildman–Crippen MR) is 66.9 cm³/mol. The maximum atomic E-state index is 11.4. The van der Waals surface area contributed by atoms with Crippen molar-refractivity contribution in [2.45, 2.75) is 6.92 Å². The van der Waals surface area contributed by atoms with Gasteiger partial charge >= 0.3 is 0 Å². The van der Waals surface area contributed by atoms with E-state index in [0.717, 1.165) is 4.47 Å². The largest absolute Gasteiger partial charge is 0.452 e. The van der Waals surface area contributed by atoms with Crippen LogP contribution < -0.4 is 10.1 Å². The quantitative estimate of drug-likeness (QED) is 0.225. The number of nitrogens with zero attached hydrogens (tertiary/aromatic N) is 1. The van der Waals surface area contributed by atoms with E-state index in [1.807, 2.05) is 0 Å². The highest BCUT2D eigenvalue weighted by molar-refractivity contribution is 9.10. The van der Waals surface area contributed by atoms with E-state index >= 15 is 0 Å². The Hall–Kier alpha value is -1.82. The molecule has 1 aromatic carbocycles. The summed E-state index contributed by atoms with van der Waals surface area (Å²) in [4.78, 5) is 11.4. The summed E-state index contributed by atoms with van der Waals surface area (Å²) in [6.45, 7) is 4.91. The number of carbonyl (C=O) groups excluding carboxylic acids is 1. The molecule has 0 aliphatic carbocycles. The van der Waals surface area contributed by atoms with E-state index in [9.17, 15) is 4.79 Å². The Labute approximate surface area is 107 Å². The summed E-state index contributed by atoms with van der Waals surface area (Å²) in [7, 11) is 0. The number of amides is 1. The topological polar surface area (TPSA) is 70.9 Å². The van der Waals surface area contributed by atoms with Crippen molar-refractivity contribution in [2.24, 2.45) is 5.16 Å². The number of nitrogens with one attached hydrogen (secondary N) is 1. The van der Waals surface area contributed by atoms with Gasteiger partial charge in [0.05, 0.1) is 0 Å². The third-order valence-corrected chi connectivity index (χ3v) is 2.28.